The molecule has 0 heterocycles. The van der Waals surface area contributed by atoms with E-state index in [1.54, 1.807) is 0 Å². The second-order valence-electron chi connectivity index (χ2n) is 4.55. The van der Waals surface area contributed by atoms with Gasteiger partial charge in [0.05, 0.1) is 0 Å². The van der Waals surface area contributed by atoms with E-state index in [9.17, 15) is 4.79 Å². The van der Waals surface area contributed by atoms with Crippen LogP contribution < -0.4 is 5.73 Å². The molecule has 0 spiro atoms. The van der Waals surface area contributed by atoms with Crippen LogP contribution in [0.25, 0.3) is 0 Å². The van der Waals surface area contributed by atoms with Gasteiger partial charge in [-0.3, -0.25) is 4.79 Å². The molecule has 0 saturated heterocycles. The van der Waals surface area contributed by atoms with Gasteiger partial charge in [-0.1, -0.05) is 30.3 Å². The number of carbonyl (C=O) groups is 1. The standard InChI is InChI=1S/C15H22NO2/c16-11-5-9-14(8-4-10-15(17)18)12-13-6-2-1-3-7-13/h1-3,6-7H,4-5,8-12,16H2,(H,17,18). The minimum absolute atomic E-state index is 0.251. The number of hydrogen-bond donors (Lipinski definition) is 2. The molecular formula is C15H22NO2. The van der Waals surface area contributed by atoms with E-state index in [1.807, 2.05) is 18.2 Å². The molecule has 0 aliphatic heterocycles. The molecule has 0 fully saturated rings. The van der Waals surface area contributed by atoms with E-state index in [0.29, 0.717) is 6.54 Å². The van der Waals surface area contributed by atoms with E-state index in [2.05, 4.69) is 12.1 Å². The van der Waals surface area contributed by atoms with Crippen molar-refractivity contribution in [3.8, 4) is 0 Å². The lowest BCUT2D eigenvalue weighted by molar-refractivity contribution is -0.137. The smallest absolute Gasteiger partial charge is 0.303 e. The molecule has 99 valence electrons. The molecule has 0 amide bonds. The molecule has 0 aromatic heterocycles. The number of benzene rings is 1. The van der Waals surface area contributed by atoms with Gasteiger partial charge in [-0.05, 0) is 50.1 Å². The second kappa shape index (κ2) is 8.70. The average Bonchev–Trinajstić information content (AvgIpc) is 2.36. The molecule has 1 aromatic rings. The molecule has 1 aromatic carbocycles. The van der Waals surface area contributed by atoms with Gasteiger partial charge < -0.3 is 10.8 Å². The summed E-state index contributed by atoms with van der Waals surface area (Å²) in [7, 11) is 0. The number of carboxylic acid groups (broad SMARTS) is 1. The van der Waals surface area contributed by atoms with Gasteiger partial charge >= 0.3 is 5.97 Å². The number of rotatable bonds is 9. The van der Waals surface area contributed by atoms with Crippen molar-refractivity contribution in [2.24, 2.45) is 5.73 Å². The van der Waals surface area contributed by atoms with E-state index in [1.165, 1.54) is 11.5 Å². The minimum atomic E-state index is -0.715. The highest BCUT2D eigenvalue weighted by Gasteiger charge is 2.10. The Morgan fingerprint density at radius 3 is 2.33 bits per heavy atom. The summed E-state index contributed by atoms with van der Waals surface area (Å²) < 4.78 is 0. The van der Waals surface area contributed by atoms with Gasteiger partial charge in [0.25, 0.3) is 0 Å². The summed E-state index contributed by atoms with van der Waals surface area (Å²) in [5.41, 5.74) is 6.83. The first-order chi connectivity index (χ1) is 8.72. The lowest BCUT2D eigenvalue weighted by Crippen LogP contribution is -2.07. The normalized spacial score (nSPS) is 10.8. The average molecular weight is 248 g/mol. The van der Waals surface area contributed by atoms with Crippen LogP contribution in [0.5, 0.6) is 0 Å². The minimum Gasteiger partial charge on any atom is -0.481 e. The fourth-order valence-corrected chi connectivity index (χ4v) is 2.03. The van der Waals surface area contributed by atoms with Gasteiger partial charge in [0.1, 0.15) is 0 Å². The third kappa shape index (κ3) is 6.40. The molecule has 3 nitrogen and oxygen atoms in total. The molecule has 0 saturated carbocycles. The van der Waals surface area contributed by atoms with Crippen LogP contribution in [-0.2, 0) is 11.2 Å². The molecule has 0 unspecified atom stereocenters. The fraction of sp³-hybridized carbons (Fsp3) is 0.467. The topological polar surface area (TPSA) is 63.3 Å². The summed E-state index contributed by atoms with van der Waals surface area (Å²) in [6, 6.07) is 10.3. The van der Waals surface area contributed by atoms with Crippen molar-refractivity contribution >= 4 is 5.97 Å². The molecule has 0 atom stereocenters. The van der Waals surface area contributed by atoms with Crippen molar-refractivity contribution in [2.45, 2.75) is 38.5 Å². The van der Waals surface area contributed by atoms with Gasteiger partial charge in [-0.15, -0.1) is 0 Å². The van der Waals surface area contributed by atoms with Gasteiger partial charge in [0, 0.05) is 6.42 Å². The zero-order chi connectivity index (χ0) is 13.2. The van der Waals surface area contributed by atoms with Crippen LogP contribution in [0, 0.1) is 5.92 Å². The van der Waals surface area contributed by atoms with E-state index in [0.717, 1.165) is 32.1 Å². The van der Waals surface area contributed by atoms with Crippen molar-refractivity contribution in [2.75, 3.05) is 6.54 Å². The molecule has 18 heavy (non-hydrogen) atoms. The lowest BCUT2D eigenvalue weighted by atomic mass is 9.90. The highest BCUT2D eigenvalue weighted by atomic mass is 16.4. The van der Waals surface area contributed by atoms with E-state index in [-0.39, 0.29) is 6.42 Å². The number of aliphatic carboxylic acids is 1. The summed E-state index contributed by atoms with van der Waals surface area (Å²) in [6.07, 6.45) is 4.80. The van der Waals surface area contributed by atoms with Crippen LogP contribution in [0.4, 0.5) is 0 Å². The third-order valence-corrected chi connectivity index (χ3v) is 2.95. The van der Waals surface area contributed by atoms with Crippen molar-refractivity contribution in [1.29, 1.82) is 0 Å². The Kier molecular flexibility index (Phi) is 7.11. The first kappa shape index (κ1) is 14.7. The van der Waals surface area contributed by atoms with E-state index in [4.69, 9.17) is 10.8 Å². The highest BCUT2D eigenvalue weighted by Crippen LogP contribution is 2.22. The Bertz CT molecular complexity index is 338. The molecule has 0 bridgehead atoms. The zero-order valence-electron chi connectivity index (χ0n) is 10.8. The number of hydrogen-bond acceptors (Lipinski definition) is 2. The first-order valence-corrected chi connectivity index (χ1v) is 6.51. The summed E-state index contributed by atoms with van der Waals surface area (Å²) in [6.45, 7) is 0.692. The van der Waals surface area contributed by atoms with Crippen molar-refractivity contribution in [3.05, 3.63) is 41.8 Å². The highest BCUT2D eigenvalue weighted by molar-refractivity contribution is 5.66. The Hall–Kier alpha value is -1.35. The lowest BCUT2D eigenvalue weighted by Gasteiger charge is -2.15. The summed E-state index contributed by atoms with van der Waals surface area (Å²) >= 11 is 0. The zero-order valence-corrected chi connectivity index (χ0v) is 10.8. The molecule has 1 rings (SSSR count). The number of nitrogens with two attached hydrogens (primary N) is 1. The van der Waals surface area contributed by atoms with Crippen LogP contribution in [-0.4, -0.2) is 17.6 Å². The molecular weight excluding hydrogens is 226 g/mol. The van der Waals surface area contributed by atoms with Crippen LogP contribution in [0.1, 0.15) is 37.7 Å². The second-order valence-corrected chi connectivity index (χ2v) is 4.55. The van der Waals surface area contributed by atoms with Crippen molar-refractivity contribution in [1.82, 2.24) is 0 Å². The number of carboxylic acids is 1. The Labute approximate surface area is 109 Å². The van der Waals surface area contributed by atoms with E-state index < -0.39 is 5.97 Å². The van der Waals surface area contributed by atoms with Crippen LogP contribution in [0.2, 0.25) is 0 Å². The Balaban J connectivity index is 2.42. The maximum absolute atomic E-state index is 10.5. The largest absolute Gasteiger partial charge is 0.481 e. The van der Waals surface area contributed by atoms with Crippen LogP contribution in [0.15, 0.2) is 30.3 Å². The van der Waals surface area contributed by atoms with Gasteiger partial charge in [-0.2, -0.15) is 0 Å². The summed E-state index contributed by atoms with van der Waals surface area (Å²) in [5, 5.41) is 8.66. The predicted molar refractivity (Wildman–Crippen MR) is 73.2 cm³/mol. The van der Waals surface area contributed by atoms with Crippen LogP contribution >= 0.6 is 0 Å². The van der Waals surface area contributed by atoms with Gasteiger partial charge in [-0.25, -0.2) is 0 Å². The summed E-state index contributed by atoms with van der Waals surface area (Å²) in [5.74, 6) is 0.695. The fourth-order valence-electron chi connectivity index (χ4n) is 2.03. The monoisotopic (exact) mass is 248 g/mol. The van der Waals surface area contributed by atoms with Gasteiger partial charge in [0.2, 0.25) is 0 Å². The Morgan fingerprint density at radius 2 is 1.72 bits per heavy atom. The Morgan fingerprint density at radius 1 is 1.06 bits per heavy atom. The van der Waals surface area contributed by atoms with Crippen LogP contribution in [0.3, 0.4) is 0 Å². The summed E-state index contributed by atoms with van der Waals surface area (Å²) in [4.78, 5) is 10.5. The molecule has 1 radical (unpaired) electrons. The van der Waals surface area contributed by atoms with Crippen molar-refractivity contribution < 1.29 is 9.90 Å². The van der Waals surface area contributed by atoms with E-state index >= 15 is 0 Å². The maximum Gasteiger partial charge on any atom is 0.303 e. The van der Waals surface area contributed by atoms with Crippen molar-refractivity contribution in [3.63, 3.8) is 0 Å². The quantitative estimate of drug-likeness (QED) is 0.706. The SMILES string of the molecule is NCCC[C](CCCC(=O)O)Cc1ccccc1. The molecule has 0 aliphatic rings. The molecule has 3 heteroatoms. The first-order valence-electron chi connectivity index (χ1n) is 6.51. The maximum atomic E-state index is 10.5. The molecule has 0 aliphatic carbocycles. The third-order valence-electron chi connectivity index (χ3n) is 2.95. The van der Waals surface area contributed by atoms with Gasteiger partial charge in [0.15, 0.2) is 0 Å². The predicted octanol–water partition coefficient (Wildman–Crippen LogP) is 2.80. The molecule has 3 N–H and O–H groups in total.